The second kappa shape index (κ2) is 4.43. The fourth-order valence-electron chi connectivity index (χ4n) is 2.03. The third kappa shape index (κ3) is 2.23. The first-order valence-electron chi connectivity index (χ1n) is 5.47. The lowest BCUT2D eigenvalue weighted by Gasteiger charge is -2.52. The smallest absolute Gasteiger partial charge is 0.0655 e. The Hall–Kier alpha value is -0.0800. The molecule has 1 saturated carbocycles. The number of nitrogens with one attached hydrogen (secondary N) is 1. The lowest BCUT2D eigenvalue weighted by Crippen LogP contribution is -2.61. The quantitative estimate of drug-likeness (QED) is 0.709. The van der Waals surface area contributed by atoms with Crippen molar-refractivity contribution < 1.29 is 4.74 Å². The zero-order valence-corrected chi connectivity index (χ0v) is 9.39. The molecule has 0 aromatic carbocycles. The predicted molar refractivity (Wildman–Crippen MR) is 55.9 cm³/mol. The summed E-state index contributed by atoms with van der Waals surface area (Å²) < 4.78 is 5.66. The number of hydrogen-bond acceptors (Lipinski definition) is 2. The van der Waals surface area contributed by atoms with Gasteiger partial charge in [0.1, 0.15) is 0 Å². The van der Waals surface area contributed by atoms with Gasteiger partial charge in [-0.1, -0.05) is 20.8 Å². The van der Waals surface area contributed by atoms with Gasteiger partial charge < -0.3 is 10.1 Å². The highest BCUT2D eigenvalue weighted by Gasteiger charge is 2.48. The highest BCUT2D eigenvalue weighted by atomic mass is 16.5. The minimum absolute atomic E-state index is 0.325. The lowest BCUT2D eigenvalue weighted by atomic mass is 9.64. The highest BCUT2D eigenvalue weighted by molar-refractivity contribution is 5.02. The number of hydrogen-bond donors (Lipinski definition) is 1. The Balaban J connectivity index is 2.30. The predicted octanol–water partition coefficient (Wildman–Crippen LogP) is 2.19. The van der Waals surface area contributed by atoms with E-state index < -0.39 is 0 Å². The van der Waals surface area contributed by atoms with Crippen LogP contribution in [0.25, 0.3) is 0 Å². The van der Waals surface area contributed by atoms with E-state index in [0.29, 0.717) is 17.6 Å². The van der Waals surface area contributed by atoms with Gasteiger partial charge in [0.05, 0.1) is 6.10 Å². The largest absolute Gasteiger partial charge is 0.378 e. The Labute approximate surface area is 82.0 Å². The summed E-state index contributed by atoms with van der Waals surface area (Å²) in [5, 5.41) is 3.57. The molecule has 1 aliphatic carbocycles. The Bertz CT molecular complexity index is 156. The average Bonchev–Trinajstić information content (AvgIpc) is 2.10. The van der Waals surface area contributed by atoms with E-state index in [0.717, 1.165) is 13.2 Å². The summed E-state index contributed by atoms with van der Waals surface area (Å²) >= 11 is 0. The summed E-state index contributed by atoms with van der Waals surface area (Å²) in [7, 11) is 0. The lowest BCUT2D eigenvalue weighted by molar-refractivity contribution is -0.113. The summed E-state index contributed by atoms with van der Waals surface area (Å²) in [4.78, 5) is 0. The Morgan fingerprint density at radius 3 is 2.54 bits per heavy atom. The fourth-order valence-corrected chi connectivity index (χ4v) is 2.03. The van der Waals surface area contributed by atoms with Gasteiger partial charge in [-0.2, -0.15) is 0 Å². The van der Waals surface area contributed by atoms with Crippen molar-refractivity contribution in [2.45, 2.75) is 52.7 Å². The Morgan fingerprint density at radius 1 is 1.38 bits per heavy atom. The molecule has 0 unspecified atom stereocenters. The summed E-state index contributed by atoms with van der Waals surface area (Å²) in [5.41, 5.74) is 0.325. The van der Waals surface area contributed by atoms with E-state index in [-0.39, 0.29) is 0 Å². The minimum Gasteiger partial charge on any atom is -0.378 e. The molecule has 0 heterocycles. The maximum atomic E-state index is 5.66. The highest BCUT2D eigenvalue weighted by Crippen LogP contribution is 2.42. The van der Waals surface area contributed by atoms with Crippen LogP contribution in [0.2, 0.25) is 0 Å². The van der Waals surface area contributed by atoms with Crippen molar-refractivity contribution in [2.24, 2.45) is 5.41 Å². The zero-order valence-electron chi connectivity index (χ0n) is 9.39. The van der Waals surface area contributed by atoms with Crippen molar-refractivity contribution in [2.75, 3.05) is 13.2 Å². The summed E-state index contributed by atoms with van der Waals surface area (Å²) in [6, 6.07) is 0.656. The molecular weight excluding hydrogens is 162 g/mol. The maximum absolute atomic E-state index is 5.66. The maximum Gasteiger partial charge on any atom is 0.0655 e. The molecule has 78 valence electrons. The standard InChI is InChI=1S/C11H23NO/c1-5-7-12-9-8-10(13-6-2)11(9,3)4/h9-10,12H,5-8H2,1-4H3/t9-,10+/m1/s1. The van der Waals surface area contributed by atoms with Crippen LogP contribution < -0.4 is 5.32 Å². The van der Waals surface area contributed by atoms with Gasteiger partial charge >= 0.3 is 0 Å². The van der Waals surface area contributed by atoms with Crippen LogP contribution in [0.5, 0.6) is 0 Å². The van der Waals surface area contributed by atoms with Gasteiger partial charge in [-0.15, -0.1) is 0 Å². The number of ether oxygens (including phenoxy) is 1. The molecule has 2 atom stereocenters. The third-order valence-electron chi connectivity index (χ3n) is 3.19. The van der Waals surface area contributed by atoms with Crippen LogP contribution in [0.3, 0.4) is 0 Å². The monoisotopic (exact) mass is 185 g/mol. The van der Waals surface area contributed by atoms with E-state index in [1.165, 1.54) is 12.8 Å². The van der Waals surface area contributed by atoms with Crippen molar-refractivity contribution in [3.05, 3.63) is 0 Å². The SMILES string of the molecule is CCCN[C@@H]1C[C@H](OCC)C1(C)C. The van der Waals surface area contributed by atoms with Crippen LogP contribution in [0.1, 0.15) is 40.5 Å². The van der Waals surface area contributed by atoms with Gasteiger partial charge in [-0.05, 0) is 26.3 Å². The van der Waals surface area contributed by atoms with E-state index in [2.05, 4.69) is 33.0 Å². The van der Waals surface area contributed by atoms with Crippen molar-refractivity contribution in [3.63, 3.8) is 0 Å². The summed E-state index contributed by atoms with van der Waals surface area (Å²) in [5.74, 6) is 0. The van der Waals surface area contributed by atoms with Gasteiger partial charge in [0.2, 0.25) is 0 Å². The molecule has 1 aliphatic rings. The summed E-state index contributed by atoms with van der Waals surface area (Å²) in [6.07, 6.45) is 2.86. The first-order valence-corrected chi connectivity index (χ1v) is 5.47. The molecule has 13 heavy (non-hydrogen) atoms. The summed E-state index contributed by atoms with van der Waals surface area (Å²) in [6.45, 7) is 10.8. The van der Waals surface area contributed by atoms with Crippen LogP contribution in [0.4, 0.5) is 0 Å². The molecular formula is C11H23NO. The van der Waals surface area contributed by atoms with Crippen LogP contribution in [-0.4, -0.2) is 25.3 Å². The molecule has 2 heteroatoms. The molecule has 0 bridgehead atoms. The molecule has 0 aliphatic heterocycles. The fraction of sp³-hybridized carbons (Fsp3) is 1.00. The Morgan fingerprint density at radius 2 is 2.08 bits per heavy atom. The molecule has 1 fully saturated rings. The molecule has 2 nitrogen and oxygen atoms in total. The number of rotatable bonds is 5. The average molecular weight is 185 g/mol. The second-order valence-corrected chi connectivity index (χ2v) is 4.51. The van der Waals surface area contributed by atoms with Crippen molar-refractivity contribution in [3.8, 4) is 0 Å². The van der Waals surface area contributed by atoms with Gasteiger partial charge in [0.25, 0.3) is 0 Å². The van der Waals surface area contributed by atoms with Crippen LogP contribution >= 0.6 is 0 Å². The molecule has 0 aromatic heterocycles. The Kier molecular flexibility index (Phi) is 3.74. The molecule has 0 spiro atoms. The topological polar surface area (TPSA) is 21.3 Å². The van der Waals surface area contributed by atoms with Gasteiger partial charge in [0.15, 0.2) is 0 Å². The van der Waals surface area contributed by atoms with Gasteiger partial charge in [-0.3, -0.25) is 0 Å². The van der Waals surface area contributed by atoms with Crippen molar-refractivity contribution in [1.29, 1.82) is 0 Å². The molecule has 1 N–H and O–H groups in total. The molecule has 0 aromatic rings. The van der Waals surface area contributed by atoms with E-state index in [9.17, 15) is 0 Å². The van der Waals surface area contributed by atoms with E-state index in [1.54, 1.807) is 0 Å². The zero-order chi connectivity index (χ0) is 9.90. The molecule has 0 amide bonds. The first-order chi connectivity index (χ1) is 6.12. The van der Waals surface area contributed by atoms with Crippen molar-refractivity contribution in [1.82, 2.24) is 5.32 Å². The second-order valence-electron chi connectivity index (χ2n) is 4.51. The normalized spacial score (nSPS) is 31.4. The van der Waals surface area contributed by atoms with E-state index in [4.69, 9.17) is 4.74 Å². The van der Waals surface area contributed by atoms with E-state index in [1.807, 2.05) is 0 Å². The van der Waals surface area contributed by atoms with Gasteiger partial charge in [-0.25, -0.2) is 0 Å². The van der Waals surface area contributed by atoms with Gasteiger partial charge in [0, 0.05) is 18.1 Å². The van der Waals surface area contributed by atoms with Crippen LogP contribution in [0, 0.1) is 5.41 Å². The molecule has 0 saturated heterocycles. The van der Waals surface area contributed by atoms with Crippen molar-refractivity contribution >= 4 is 0 Å². The van der Waals surface area contributed by atoms with E-state index >= 15 is 0 Å². The molecule has 1 rings (SSSR count). The van der Waals surface area contributed by atoms with Crippen LogP contribution in [0.15, 0.2) is 0 Å². The molecule has 0 radical (unpaired) electrons. The first kappa shape index (κ1) is 11.0. The minimum atomic E-state index is 0.325. The van der Waals surface area contributed by atoms with Crippen LogP contribution in [-0.2, 0) is 4.74 Å². The third-order valence-corrected chi connectivity index (χ3v) is 3.19.